The molecule has 0 bridgehead atoms. The lowest BCUT2D eigenvalue weighted by Gasteiger charge is -2.28. The summed E-state index contributed by atoms with van der Waals surface area (Å²) in [5.41, 5.74) is 16.3. The van der Waals surface area contributed by atoms with Gasteiger partial charge >= 0.3 is 5.97 Å². The number of nitrogens with two attached hydrogens (primary N) is 3. The van der Waals surface area contributed by atoms with Crippen LogP contribution in [0.15, 0.2) is 4.99 Å². The summed E-state index contributed by atoms with van der Waals surface area (Å²) in [6.07, 6.45) is -2.14. The van der Waals surface area contributed by atoms with Crippen LogP contribution in [-0.2, 0) is 19.2 Å². The highest BCUT2D eigenvalue weighted by atomic mass is 16.4. The van der Waals surface area contributed by atoms with Gasteiger partial charge < -0.3 is 48.5 Å². The van der Waals surface area contributed by atoms with E-state index in [-0.39, 0.29) is 18.9 Å². The second kappa shape index (κ2) is 14.2. The average Bonchev–Trinajstić information content (AvgIpc) is 2.69. The van der Waals surface area contributed by atoms with Crippen molar-refractivity contribution in [3.05, 3.63) is 0 Å². The molecule has 0 aromatic carbocycles. The molecule has 0 radical (unpaired) electrons. The Morgan fingerprint density at radius 2 is 1.27 bits per heavy atom. The van der Waals surface area contributed by atoms with Crippen LogP contribution in [-0.4, -0.2) is 87.9 Å². The van der Waals surface area contributed by atoms with E-state index in [9.17, 15) is 29.4 Å². The number of aliphatic hydroxyl groups is 2. The van der Waals surface area contributed by atoms with Gasteiger partial charge in [0.2, 0.25) is 17.7 Å². The number of carboxylic acid groups (broad SMARTS) is 1. The zero-order valence-electron chi connectivity index (χ0n) is 19.3. The van der Waals surface area contributed by atoms with Crippen molar-refractivity contribution in [1.82, 2.24) is 16.0 Å². The van der Waals surface area contributed by atoms with Gasteiger partial charge in [-0.05, 0) is 32.6 Å². The highest BCUT2D eigenvalue weighted by Gasteiger charge is 2.34. The molecule has 0 aliphatic heterocycles. The fraction of sp³-hybridized carbons (Fsp3) is 0.737. The third kappa shape index (κ3) is 10.9. The van der Waals surface area contributed by atoms with Crippen LogP contribution in [0.4, 0.5) is 0 Å². The summed E-state index contributed by atoms with van der Waals surface area (Å²) < 4.78 is 0. The number of amides is 3. The van der Waals surface area contributed by atoms with Gasteiger partial charge in [-0.2, -0.15) is 0 Å². The van der Waals surface area contributed by atoms with Crippen molar-refractivity contribution in [2.24, 2.45) is 28.1 Å². The van der Waals surface area contributed by atoms with Gasteiger partial charge in [0.15, 0.2) is 12.0 Å². The van der Waals surface area contributed by atoms with Crippen LogP contribution in [0.2, 0.25) is 0 Å². The van der Waals surface area contributed by atoms with Crippen molar-refractivity contribution in [2.45, 2.75) is 76.9 Å². The number of carbonyl (C=O) groups is 4. The largest absolute Gasteiger partial charge is 0.480 e. The minimum atomic E-state index is -1.65. The molecule has 0 aliphatic carbocycles. The Bertz CT molecular complexity index is 709. The molecule has 14 heteroatoms. The van der Waals surface area contributed by atoms with E-state index in [1.54, 1.807) is 13.8 Å². The molecule has 14 nitrogen and oxygen atoms in total. The molecule has 0 aliphatic rings. The summed E-state index contributed by atoms with van der Waals surface area (Å²) >= 11 is 0. The molecule has 0 aromatic rings. The fourth-order valence-corrected chi connectivity index (χ4v) is 2.73. The monoisotopic (exact) mass is 475 g/mol. The highest BCUT2D eigenvalue weighted by molar-refractivity contribution is 5.94. The Kier molecular flexibility index (Phi) is 13.0. The lowest BCUT2D eigenvalue weighted by atomic mass is 10.0. The molecule has 0 saturated carbocycles. The van der Waals surface area contributed by atoms with E-state index in [0.29, 0.717) is 6.42 Å². The number of hydrogen-bond donors (Lipinski definition) is 9. The van der Waals surface area contributed by atoms with Crippen molar-refractivity contribution in [3.63, 3.8) is 0 Å². The predicted octanol–water partition coefficient (Wildman–Crippen LogP) is -3.68. The van der Waals surface area contributed by atoms with Gasteiger partial charge in [-0.25, -0.2) is 4.79 Å². The molecule has 0 heterocycles. The molecule has 3 amide bonds. The van der Waals surface area contributed by atoms with E-state index < -0.39 is 66.0 Å². The van der Waals surface area contributed by atoms with Crippen LogP contribution in [0.25, 0.3) is 0 Å². The van der Waals surface area contributed by atoms with Crippen molar-refractivity contribution >= 4 is 29.7 Å². The first-order valence-corrected chi connectivity index (χ1v) is 10.5. The second-order valence-electron chi connectivity index (χ2n) is 8.08. The summed E-state index contributed by atoms with van der Waals surface area (Å²) in [6, 6.07) is -5.22. The summed E-state index contributed by atoms with van der Waals surface area (Å²) in [5, 5.41) is 35.5. The first kappa shape index (κ1) is 30.0. The molecule has 6 atom stereocenters. The van der Waals surface area contributed by atoms with Crippen molar-refractivity contribution in [2.75, 3.05) is 6.54 Å². The molecule has 12 N–H and O–H groups in total. The van der Waals surface area contributed by atoms with Crippen LogP contribution in [0.5, 0.6) is 0 Å². The molecule has 0 saturated heterocycles. The van der Waals surface area contributed by atoms with Gasteiger partial charge in [0.1, 0.15) is 12.1 Å². The number of aliphatic hydroxyl groups excluding tert-OH is 2. The summed E-state index contributed by atoms with van der Waals surface area (Å²) in [5.74, 6) is -4.39. The molecule has 6 unspecified atom stereocenters. The number of guanidine groups is 1. The number of nitrogens with zero attached hydrogens (tertiary/aromatic N) is 1. The maximum absolute atomic E-state index is 12.8. The van der Waals surface area contributed by atoms with E-state index in [1.165, 1.54) is 13.8 Å². The molecular weight excluding hydrogens is 438 g/mol. The van der Waals surface area contributed by atoms with Crippen molar-refractivity contribution < 1.29 is 34.5 Å². The summed E-state index contributed by atoms with van der Waals surface area (Å²) in [6.45, 7) is 5.98. The Morgan fingerprint density at radius 1 is 0.818 bits per heavy atom. The normalized spacial score (nSPS) is 16.5. The van der Waals surface area contributed by atoms with E-state index in [0.717, 1.165) is 0 Å². The van der Waals surface area contributed by atoms with Crippen LogP contribution >= 0.6 is 0 Å². The van der Waals surface area contributed by atoms with Gasteiger partial charge in [0.05, 0.1) is 18.2 Å². The first-order valence-electron chi connectivity index (χ1n) is 10.5. The third-order valence-electron chi connectivity index (χ3n) is 4.66. The standard InChI is InChI=1S/C19H37N7O7/c1-8(2)12(24-15(29)11(20)6-5-7-23-19(21)22)16(30)25-13(9(3)27)17(31)26-14(10(4)28)18(32)33/h8-14,27-28H,5-7,20H2,1-4H3,(H,24,29)(H,25,30)(H,26,31)(H,32,33)(H4,21,22,23). The Hall–Kier alpha value is -2.97. The molecular formula is C19H37N7O7. The number of aliphatic imine (C=N–C) groups is 1. The summed E-state index contributed by atoms with van der Waals surface area (Å²) in [7, 11) is 0. The Labute approximate surface area is 192 Å². The second-order valence-corrected chi connectivity index (χ2v) is 8.08. The highest BCUT2D eigenvalue weighted by Crippen LogP contribution is 2.06. The van der Waals surface area contributed by atoms with E-state index >= 15 is 0 Å². The van der Waals surface area contributed by atoms with Crippen molar-refractivity contribution in [3.8, 4) is 0 Å². The molecule has 190 valence electrons. The lowest BCUT2D eigenvalue weighted by molar-refractivity contribution is -0.146. The summed E-state index contributed by atoms with van der Waals surface area (Å²) in [4.78, 5) is 52.6. The Morgan fingerprint density at radius 3 is 1.70 bits per heavy atom. The molecule has 33 heavy (non-hydrogen) atoms. The third-order valence-corrected chi connectivity index (χ3v) is 4.66. The van der Waals surface area contributed by atoms with Gasteiger partial charge in [0.25, 0.3) is 0 Å². The van der Waals surface area contributed by atoms with Gasteiger partial charge in [-0.15, -0.1) is 0 Å². The van der Waals surface area contributed by atoms with Crippen LogP contribution in [0, 0.1) is 5.92 Å². The topological polar surface area (TPSA) is 255 Å². The molecule has 0 fully saturated rings. The van der Waals surface area contributed by atoms with Gasteiger partial charge in [0, 0.05) is 6.54 Å². The van der Waals surface area contributed by atoms with Crippen LogP contribution in [0.3, 0.4) is 0 Å². The van der Waals surface area contributed by atoms with Crippen molar-refractivity contribution in [1.29, 1.82) is 0 Å². The minimum Gasteiger partial charge on any atom is -0.480 e. The van der Waals surface area contributed by atoms with E-state index in [4.69, 9.17) is 22.3 Å². The first-order chi connectivity index (χ1) is 15.2. The fourth-order valence-electron chi connectivity index (χ4n) is 2.73. The Balaban J connectivity index is 5.22. The molecule has 0 rings (SSSR count). The number of carboxylic acids is 1. The number of rotatable bonds is 14. The quantitative estimate of drug-likeness (QED) is 0.0675. The number of hydrogen-bond acceptors (Lipinski definition) is 8. The number of aliphatic carboxylic acids is 1. The maximum Gasteiger partial charge on any atom is 0.328 e. The van der Waals surface area contributed by atoms with Crippen LogP contribution in [0.1, 0.15) is 40.5 Å². The van der Waals surface area contributed by atoms with Gasteiger partial charge in [-0.1, -0.05) is 13.8 Å². The molecule has 0 aromatic heterocycles. The van der Waals surface area contributed by atoms with Crippen LogP contribution < -0.4 is 33.2 Å². The van der Waals surface area contributed by atoms with E-state index in [2.05, 4.69) is 20.9 Å². The average molecular weight is 476 g/mol. The molecule has 0 spiro atoms. The lowest BCUT2D eigenvalue weighted by Crippen LogP contribution is -2.61. The minimum absolute atomic E-state index is 0.0793. The SMILES string of the molecule is CC(C)C(NC(=O)C(N)CCCN=C(N)N)C(=O)NC(C(=O)NC(C(=O)O)C(C)O)C(C)O. The maximum atomic E-state index is 12.8. The van der Waals surface area contributed by atoms with Gasteiger partial charge in [-0.3, -0.25) is 19.4 Å². The zero-order valence-corrected chi connectivity index (χ0v) is 19.3. The number of nitrogens with one attached hydrogen (secondary N) is 3. The predicted molar refractivity (Wildman–Crippen MR) is 120 cm³/mol. The smallest absolute Gasteiger partial charge is 0.328 e. The van der Waals surface area contributed by atoms with E-state index in [1.807, 2.05) is 0 Å². The number of carbonyl (C=O) groups excluding carboxylic acids is 3. The zero-order chi connectivity index (χ0) is 25.9.